The van der Waals surface area contributed by atoms with E-state index in [-0.39, 0.29) is 11.8 Å². The highest BCUT2D eigenvalue weighted by molar-refractivity contribution is 5.98. The average Bonchev–Trinajstić information content (AvgIpc) is 2.79. The molecule has 0 aliphatic carbocycles. The van der Waals surface area contributed by atoms with Gasteiger partial charge in [-0.2, -0.15) is 5.10 Å². The second-order valence-electron chi connectivity index (χ2n) is 4.90. The van der Waals surface area contributed by atoms with Crippen LogP contribution in [0.2, 0.25) is 0 Å². The Morgan fingerprint density at radius 1 is 1.40 bits per heavy atom. The fraction of sp³-hybridized carbons (Fsp3) is 0.615. The maximum absolute atomic E-state index is 12.2. The van der Waals surface area contributed by atoms with Crippen LogP contribution in [-0.2, 0) is 16.6 Å². The van der Waals surface area contributed by atoms with Crippen LogP contribution in [0.4, 0.5) is 0 Å². The summed E-state index contributed by atoms with van der Waals surface area (Å²) in [7, 11) is 1.77. The van der Waals surface area contributed by atoms with Crippen LogP contribution < -0.4 is 5.32 Å². The summed E-state index contributed by atoms with van der Waals surface area (Å²) in [5.74, 6) is -0.354. The van der Waals surface area contributed by atoms with Crippen LogP contribution in [0.1, 0.15) is 23.0 Å². The molecule has 1 saturated heterocycles. The van der Waals surface area contributed by atoms with Crippen LogP contribution >= 0.6 is 0 Å². The minimum atomic E-state index is -0.555. The third-order valence-electron chi connectivity index (χ3n) is 3.52. The molecule has 1 N–H and O–H groups in total. The molecule has 1 aromatic heterocycles. The number of hydrogen-bond acceptors (Lipinski definition) is 4. The minimum Gasteiger partial charge on any atom is -0.378 e. The van der Waals surface area contributed by atoms with Crippen molar-refractivity contribution in [2.24, 2.45) is 7.05 Å². The normalized spacial score (nSPS) is 16.9. The van der Waals surface area contributed by atoms with Gasteiger partial charge in [0.25, 0.3) is 5.91 Å². The molecule has 20 heavy (non-hydrogen) atoms. The molecule has 110 valence electrons. The molecule has 1 aliphatic heterocycles. The summed E-state index contributed by atoms with van der Waals surface area (Å²) in [6.07, 6.45) is 1.51. The first-order valence-electron chi connectivity index (χ1n) is 6.66. The summed E-state index contributed by atoms with van der Waals surface area (Å²) in [4.78, 5) is 26.0. The maximum Gasteiger partial charge on any atom is 0.255 e. The van der Waals surface area contributed by atoms with Gasteiger partial charge in [0.05, 0.1) is 25.0 Å². The molecule has 0 saturated carbocycles. The number of carbonyl (C=O) groups excluding carboxylic acids is 2. The summed E-state index contributed by atoms with van der Waals surface area (Å²) in [6.45, 7) is 5.76. The average molecular weight is 280 g/mol. The van der Waals surface area contributed by atoms with Crippen molar-refractivity contribution in [3.63, 3.8) is 0 Å². The van der Waals surface area contributed by atoms with E-state index in [1.54, 1.807) is 23.6 Å². The van der Waals surface area contributed by atoms with Gasteiger partial charge in [0, 0.05) is 25.8 Å². The number of morpholine rings is 1. The van der Waals surface area contributed by atoms with E-state index in [0.29, 0.717) is 31.9 Å². The SMILES string of the molecule is Cc1c(C(=O)NC(C)C(=O)N2CCOCC2)cnn1C. The monoisotopic (exact) mass is 280 g/mol. The van der Waals surface area contributed by atoms with Gasteiger partial charge in [0.2, 0.25) is 5.91 Å². The van der Waals surface area contributed by atoms with Crippen LogP contribution in [0, 0.1) is 6.92 Å². The molecular formula is C13H20N4O3. The lowest BCUT2D eigenvalue weighted by atomic mass is 10.2. The highest BCUT2D eigenvalue weighted by Crippen LogP contribution is 2.07. The predicted molar refractivity (Wildman–Crippen MR) is 72.3 cm³/mol. The van der Waals surface area contributed by atoms with E-state index in [4.69, 9.17) is 4.74 Å². The van der Waals surface area contributed by atoms with Crippen LogP contribution in [0.5, 0.6) is 0 Å². The van der Waals surface area contributed by atoms with Gasteiger partial charge in [0.1, 0.15) is 6.04 Å². The number of rotatable bonds is 3. The predicted octanol–water partition coefficient (Wildman–Crippen LogP) is -0.294. The third kappa shape index (κ3) is 2.98. The summed E-state index contributed by atoms with van der Waals surface area (Å²) in [5, 5.41) is 6.75. The van der Waals surface area contributed by atoms with Crippen molar-refractivity contribution < 1.29 is 14.3 Å². The lowest BCUT2D eigenvalue weighted by Gasteiger charge is -2.29. The number of amides is 2. The summed E-state index contributed by atoms with van der Waals surface area (Å²) >= 11 is 0. The van der Waals surface area contributed by atoms with E-state index < -0.39 is 6.04 Å². The van der Waals surface area contributed by atoms with E-state index in [1.807, 2.05) is 6.92 Å². The molecule has 0 spiro atoms. The summed E-state index contributed by atoms with van der Waals surface area (Å²) < 4.78 is 6.83. The first kappa shape index (κ1) is 14.5. The number of carbonyl (C=O) groups is 2. The van der Waals surface area contributed by atoms with Gasteiger partial charge < -0.3 is 15.0 Å². The van der Waals surface area contributed by atoms with E-state index >= 15 is 0 Å². The van der Waals surface area contributed by atoms with Crippen molar-refractivity contribution in [1.82, 2.24) is 20.0 Å². The van der Waals surface area contributed by atoms with E-state index in [0.717, 1.165) is 5.69 Å². The topological polar surface area (TPSA) is 76.5 Å². The molecule has 1 aliphatic rings. The van der Waals surface area contributed by atoms with Crippen LogP contribution in [0.3, 0.4) is 0 Å². The lowest BCUT2D eigenvalue weighted by molar-refractivity contribution is -0.136. The van der Waals surface area contributed by atoms with E-state index in [9.17, 15) is 9.59 Å². The van der Waals surface area contributed by atoms with Crippen molar-refractivity contribution in [1.29, 1.82) is 0 Å². The zero-order valence-electron chi connectivity index (χ0n) is 12.0. The van der Waals surface area contributed by atoms with Crippen molar-refractivity contribution in [3.8, 4) is 0 Å². The second kappa shape index (κ2) is 6.04. The Hall–Kier alpha value is -1.89. The maximum atomic E-state index is 12.2. The lowest BCUT2D eigenvalue weighted by Crippen LogP contribution is -2.50. The van der Waals surface area contributed by atoms with Crippen LogP contribution in [0.15, 0.2) is 6.20 Å². The molecule has 2 rings (SSSR count). The smallest absolute Gasteiger partial charge is 0.255 e. The zero-order chi connectivity index (χ0) is 14.7. The minimum absolute atomic E-state index is 0.0804. The Labute approximate surface area is 117 Å². The zero-order valence-corrected chi connectivity index (χ0v) is 12.0. The molecule has 2 amide bonds. The third-order valence-corrected chi connectivity index (χ3v) is 3.52. The molecular weight excluding hydrogens is 260 g/mol. The number of aryl methyl sites for hydroxylation is 1. The quantitative estimate of drug-likeness (QED) is 0.825. The Morgan fingerprint density at radius 2 is 2.05 bits per heavy atom. The van der Waals surface area contributed by atoms with Gasteiger partial charge in [-0.25, -0.2) is 0 Å². The number of ether oxygens (including phenoxy) is 1. The Balaban J connectivity index is 1.96. The fourth-order valence-corrected chi connectivity index (χ4v) is 2.12. The van der Waals surface area contributed by atoms with Gasteiger partial charge in [-0.1, -0.05) is 0 Å². The summed E-state index contributed by atoms with van der Waals surface area (Å²) in [5.41, 5.74) is 1.27. The molecule has 0 radical (unpaired) electrons. The Bertz CT molecular complexity index is 506. The molecule has 7 heteroatoms. The molecule has 2 heterocycles. The number of nitrogens with zero attached hydrogens (tertiary/aromatic N) is 3. The molecule has 1 fully saturated rings. The molecule has 1 aromatic rings. The largest absolute Gasteiger partial charge is 0.378 e. The summed E-state index contributed by atoms with van der Waals surface area (Å²) in [6, 6.07) is -0.555. The van der Waals surface area contributed by atoms with Gasteiger partial charge in [-0.3, -0.25) is 14.3 Å². The van der Waals surface area contributed by atoms with Crippen molar-refractivity contribution in [2.75, 3.05) is 26.3 Å². The van der Waals surface area contributed by atoms with Crippen LogP contribution in [-0.4, -0.2) is 58.8 Å². The number of hydrogen-bond donors (Lipinski definition) is 1. The Kier molecular flexibility index (Phi) is 4.39. The fourth-order valence-electron chi connectivity index (χ4n) is 2.12. The molecule has 1 unspecified atom stereocenters. The highest BCUT2D eigenvalue weighted by atomic mass is 16.5. The molecule has 1 atom stereocenters. The van der Waals surface area contributed by atoms with E-state index in [1.165, 1.54) is 6.20 Å². The van der Waals surface area contributed by atoms with Crippen LogP contribution in [0.25, 0.3) is 0 Å². The van der Waals surface area contributed by atoms with Gasteiger partial charge in [-0.05, 0) is 13.8 Å². The number of aromatic nitrogens is 2. The first-order chi connectivity index (χ1) is 9.50. The Morgan fingerprint density at radius 3 is 2.60 bits per heavy atom. The van der Waals surface area contributed by atoms with Crippen molar-refractivity contribution >= 4 is 11.8 Å². The first-order valence-corrected chi connectivity index (χ1v) is 6.66. The van der Waals surface area contributed by atoms with E-state index in [2.05, 4.69) is 10.4 Å². The molecule has 7 nitrogen and oxygen atoms in total. The molecule has 0 aromatic carbocycles. The standard InChI is InChI=1S/C13H20N4O3/c1-9(13(19)17-4-6-20-7-5-17)15-12(18)11-8-14-16(3)10(11)2/h8-9H,4-7H2,1-3H3,(H,15,18). The van der Waals surface area contributed by atoms with Crippen molar-refractivity contribution in [3.05, 3.63) is 17.5 Å². The molecule has 0 bridgehead atoms. The highest BCUT2D eigenvalue weighted by Gasteiger charge is 2.24. The van der Waals surface area contributed by atoms with Gasteiger partial charge in [0.15, 0.2) is 0 Å². The number of nitrogens with one attached hydrogen (secondary N) is 1. The van der Waals surface area contributed by atoms with Gasteiger partial charge >= 0.3 is 0 Å². The van der Waals surface area contributed by atoms with Gasteiger partial charge in [-0.15, -0.1) is 0 Å². The van der Waals surface area contributed by atoms with Crippen molar-refractivity contribution in [2.45, 2.75) is 19.9 Å². The second-order valence-corrected chi connectivity index (χ2v) is 4.90.